The molecule has 0 radical (unpaired) electrons. The topological polar surface area (TPSA) is 40.5 Å². The predicted molar refractivity (Wildman–Crippen MR) is 69.5 cm³/mol. The number of carbonyl (C=O) groups is 1. The molecule has 0 atom stereocenters. The van der Waals surface area contributed by atoms with Crippen molar-refractivity contribution in [2.45, 2.75) is 24.7 Å². The van der Waals surface area contributed by atoms with Gasteiger partial charge in [-0.2, -0.15) is 0 Å². The number of carboxylic acid groups (broad SMARTS) is 1. The number of rotatable bonds is 6. The smallest absolute Gasteiger partial charge is 0.418 e. The van der Waals surface area contributed by atoms with Gasteiger partial charge in [-0.15, -0.1) is 0 Å². The lowest BCUT2D eigenvalue weighted by atomic mass is 10.3. The van der Waals surface area contributed by atoms with E-state index in [2.05, 4.69) is 6.92 Å². The van der Waals surface area contributed by atoms with Crippen LogP contribution in [0.1, 0.15) is 19.8 Å². The fourth-order valence-corrected chi connectivity index (χ4v) is 3.02. The van der Waals surface area contributed by atoms with Gasteiger partial charge in [-0.25, -0.2) is 9.10 Å². The Bertz CT molecular complexity index is 319. The van der Waals surface area contributed by atoms with Crippen LogP contribution in [0.25, 0.3) is 0 Å². The van der Waals surface area contributed by atoms with Crippen LogP contribution < -0.4 is 0 Å². The maximum absolute atomic E-state index is 10.9. The molecule has 1 aromatic rings. The third-order valence-electron chi connectivity index (χ3n) is 1.89. The molecule has 5 heteroatoms. The van der Waals surface area contributed by atoms with Crippen LogP contribution in [0.5, 0.6) is 0 Å². The quantitative estimate of drug-likeness (QED) is 0.614. The van der Waals surface area contributed by atoms with Crippen LogP contribution in [0.2, 0.25) is 0 Å². The molecule has 0 aliphatic rings. The molecule has 88 valence electrons. The first-order chi connectivity index (χ1) is 7.74. The van der Waals surface area contributed by atoms with Crippen LogP contribution in [0.15, 0.2) is 35.2 Å². The minimum Gasteiger partial charge on any atom is -0.464 e. The van der Waals surface area contributed by atoms with Crippen LogP contribution in [0.4, 0.5) is 4.79 Å². The van der Waals surface area contributed by atoms with Gasteiger partial charge in [0.15, 0.2) is 0 Å². The molecule has 3 nitrogen and oxygen atoms in total. The average Bonchev–Trinajstić information content (AvgIpc) is 2.30. The SMILES string of the molecule is CCCCN(SSc1ccccc1)C(=O)O. The number of benzene rings is 1. The van der Waals surface area contributed by atoms with Crippen LogP contribution in [-0.4, -0.2) is 22.0 Å². The second-order valence-corrected chi connectivity index (χ2v) is 5.38. The van der Waals surface area contributed by atoms with E-state index in [9.17, 15) is 4.79 Å². The fourth-order valence-electron chi connectivity index (χ4n) is 1.03. The van der Waals surface area contributed by atoms with Crippen LogP contribution in [-0.2, 0) is 0 Å². The number of unbranched alkanes of at least 4 members (excludes halogenated alkanes) is 1. The van der Waals surface area contributed by atoms with Crippen molar-refractivity contribution in [3.63, 3.8) is 0 Å². The maximum Gasteiger partial charge on any atom is 0.418 e. The highest BCUT2D eigenvalue weighted by atomic mass is 33.1. The Morgan fingerprint density at radius 3 is 2.62 bits per heavy atom. The molecule has 0 saturated carbocycles. The van der Waals surface area contributed by atoms with Gasteiger partial charge in [-0.1, -0.05) is 31.5 Å². The Hall–Kier alpha value is -0.810. The zero-order valence-corrected chi connectivity index (χ0v) is 10.8. The summed E-state index contributed by atoms with van der Waals surface area (Å²) in [7, 11) is 2.74. The van der Waals surface area contributed by atoms with Crippen LogP contribution in [0.3, 0.4) is 0 Å². The highest BCUT2D eigenvalue weighted by Crippen LogP contribution is 2.33. The summed E-state index contributed by atoms with van der Waals surface area (Å²) in [6.07, 6.45) is 1.02. The van der Waals surface area contributed by atoms with Crippen LogP contribution >= 0.6 is 21.8 Å². The van der Waals surface area contributed by atoms with E-state index < -0.39 is 6.09 Å². The van der Waals surface area contributed by atoms with E-state index in [1.807, 2.05) is 30.3 Å². The van der Waals surface area contributed by atoms with Gasteiger partial charge < -0.3 is 5.11 Å². The molecular weight excluding hydrogens is 242 g/mol. The molecule has 0 aliphatic carbocycles. The number of amides is 1. The summed E-state index contributed by atoms with van der Waals surface area (Å²) in [6, 6.07) is 9.77. The Labute approximate surface area is 104 Å². The summed E-state index contributed by atoms with van der Waals surface area (Å²) in [6.45, 7) is 2.63. The summed E-state index contributed by atoms with van der Waals surface area (Å²) >= 11 is 0. The molecule has 0 aromatic heterocycles. The second kappa shape index (κ2) is 7.46. The molecule has 0 aliphatic heterocycles. The minimum absolute atomic E-state index is 0.580. The zero-order valence-electron chi connectivity index (χ0n) is 9.13. The first-order valence-corrected chi connectivity index (χ1v) is 7.25. The normalized spacial score (nSPS) is 10.1. The number of hydrogen-bond donors (Lipinski definition) is 1. The standard InChI is InChI=1S/C11H15NO2S2/c1-2-3-9-12(11(13)14)16-15-10-7-5-4-6-8-10/h4-8H,2-3,9H2,1H3,(H,13,14). The van der Waals surface area contributed by atoms with E-state index in [1.165, 1.54) is 26.1 Å². The molecule has 0 spiro atoms. The van der Waals surface area contributed by atoms with Gasteiger partial charge in [0.25, 0.3) is 0 Å². The summed E-state index contributed by atoms with van der Waals surface area (Å²) in [5.41, 5.74) is 0. The van der Waals surface area contributed by atoms with E-state index in [1.54, 1.807) is 0 Å². The van der Waals surface area contributed by atoms with Crippen molar-refractivity contribution < 1.29 is 9.90 Å². The maximum atomic E-state index is 10.9. The fraction of sp³-hybridized carbons (Fsp3) is 0.364. The van der Waals surface area contributed by atoms with E-state index in [0.29, 0.717) is 6.54 Å². The van der Waals surface area contributed by atoms with Crippen molar-refractivity contribution in [3.05, 3.63) is 30.3 Å². The Morgan fingerprint density at radius 1 is 1.38 bits per heavy atom. The second-order valence-electron chi connectivity index (χ2n) is 3.21. The molecule has 1 rings (SSSR count). The van der Waals surface area contributed by atoms with Crippen molar-refractivity contribution >= 4 is 27.9 Å². The predicted octanol–water partition coefficient (Wildman–Crippen LogP) is 4.12. The summed E-state index contributed by atoms with van der Waals surface area (Å²) < 4.78 is 1.38. The van der Waals surface area contributed by atoms with E-state index in [4.69, 9.17) is 5.11 Å². The van der Waals surface area contributed by atoms with Gasteiger partial charge in [0.2, 0.25) is 0 Å². The Balaban J connectivity index is 2.41. The monoisotopic (exact) mass is 257 g/mol. The van der Waals surface area contributed by atoms with Gasteiger partial charge in [0.05, 0.1) is 0 Å². The average molecular weight is 257 g/mol. The zero-order chi connectivity index (χ0) is 11.8. The van der Waals surface area contributed by atoms with Gasteiger partial charge in [0.1, 0.15) is 0 Å². The molecule has 1 N–H and O–H groups in total. The van der Waals surface area contributed by atoms with Crippen LogP contribution in [0, 0.1) is 0 Å². The summed E-state index contributed by atoms with van der Waals surface area (Å²) in [5, 5.41) is 8.97. The number of nitrogens with zero attached hydrogens (tertiary/aromatic N) is 1. The van der Waals surface area contributed by atoms with Gasteiger partial charge >= 0.3 is 6.09 Å². The molecule has 0 heterocycles. The molecule has 16 heavy (non-hydrogen) atoms. The summed E-state index contributed by atoms with van der Waals surface area (Å²) in [5.74, 6) is 0. The van der Waals surface area contributed by atoms with Crippen molar-refractivity contribution in [2.75, 3.05) is 6.54 Å². The van der Waals surface area contributed by atoms with E-state index in [-0.39, 0.29) is 0 Å². The summed E-state index contributed by atoms with van der Waals surface area (Å²) in [4.78, 5) is 12.0. The lowest BCUT2D eigenvalue weighted by Crippen LogP contribution is -2.22. The van der Waals surface area contributed by atoms with E-state index >= 15 is 0 Å². The molecular formula is C11H15NO2S2. The first-order valence-electron chi connectivity index (χ1n) is 5.14. The molecule has 0 fully saturated rings. The van der Waals surface area contributed by atoms with E-state index in [0.717, 1.165) is 17.7 Å². The molecule has 1 aromatic carbocycles. The lowest BCUT2D eigenvalue weighted by molar-refractivity contribution is 0.175. The molecule has 1 amide bonds. The van der Waals surface area contributed by atoms with Gasteiger partial charge in [0, 0.05) is 22.4 Å². The lowest BCUT2D eigenvalue weighted by Gasteiger charge is -2.16. The minimum atomic E-state index is -0.873. The number of hydrogen-bond acceptors (Lipinski definition) is 3. The largest absolute Gasteiger partial charge is 0.464 e. The first kappa shape index (κ1) is 13.3. The van der Waals surface area contributed by atoms with Crippen molar-refractivity contribution in [1.29, 1.82) is 0 Å². The Morgan fingerprint density at radius 2 is 2.06 bits per heavy atom. The third kappa shape index (κ3) is 4.81. The highest BCUT2D eigenvalue weighted by Gasteiger charge is 2.12. The van der Waals surface area contributed by atoms with Crippen molar-refractivity contribution in [3.8, 4) is 0 Å². The van der Waals surface area contributed by atoms with Gasteiger partial charge in [-0.05, 0) is 29.3 Å². The Kier molecular flexibility index (Phi) is 6.18. The third-order valence-corrected chi connectivity index (χ3v) is 4.29. The van der Waals surface area contributed by atoms with Crippen molar-refractivity contribution in [1.82, 2.24) is 4.31 Å². The molecule has 0 bridgehead atoms. The molecule has 0 unspecified atom stereocenters. The van der Waals surface area contributed by atoms with Gasteiger partial charge in [-0.3, -0.25) is 0 Å². The molecule has 0 saturated heterocycles. The van der Waals surface area contributed by atoms with Crippen molar-refractivity contribution in [2.24, 2.45) is 0 Å². The highest BCUT2D eigenvalue weighted by molar-refractivity contribution is 8.75.